The van der Waals surface area contributed by atoms with Crippen LogP contribution in [0.1, 0.15) is 42.7 Å². The van der Waals surface area contributed by atoms with E-state index in [1.165, 1.54) is 24.0 Å². The first kappa shape index (κ1) is 18.8. The summed E-state index contributed by atoms with van der Waals surface area (Å²) in [6, 6.07) is 19.0. The number of methoxy groups -OCH3 is 1. The largest absolute Gasteiger partial charge is 0.441 e. The maximum absolute atomic E-state index is 12.1. The van der Waals surface area contributed by atoms with E-state index in [0.29, 0.717) is 19.1 Å². The number of anilines is 1. The second-order valence-corrected chi connectivity index (χ2v) is 7.65. The number of allylic oxidation sites excluding steroid dienone is 1. The second-order valence-electron chi connectivity index (χ2n) is 7.65. The SMILES string of the molecule is COCC1CN(c2ccc(C3CCC(=Cc4ccccc4)CC3)cc2)C(=O)O1. The van der Waals surface area contributed by atoms with Crippen LogP contribution >= 0.6 is 0 Å². The zero-order valence-corrected chi connectivity index (χ0v) is 16.3. The van der Waals surface area contributed by atoms with Crippen molar-refractivity contribution >= 4 is 17.9 Å². The Hall–Kier alpha value is -2.59. The van der Waals surface area contributed by atoms with Crippen molar-refractivity contribution in [2.24, 2.45) is 0 Å². The molecule has 2 aromatic carbocycles. The molecule has 2 aliphatic rings. The van der Waals surface area contributed by atoms with Crippen LogP contribution in [-0.2, 0) is 9.47 Å². The van der Waals surface area contributed by atoms with Crippen LogP contribution in [0, 0.1) is 0 Å². The fraction of sp³-hybridized carbons (Fsp3) is 0.375. The Morgan fingerprint density at radius 2 is 1.79 bits per heavy atom. The number of nitrogens with zero attached hydrogens (tertiary/aromatic N) is 1. The number of carbonyl (C=O) groups is 1. The van der Waals surface area contributed by atoms with Gasteiger partial charge in [0.2, 0.25) is 0 Å². The molecule has 0 bridgehead atoms. The molecule has 146 valence electrons. The molecule has 4 nitrogen and oxygen atoms in total. The van der Waals surface area contributed by atoms with E-state index < -0.39 is 0 Å². The standard InChI is InChI=1S/C24H27NO3/c1-27-17-23-16-25(24(26)28-23)22-13-11-21(12-14-22)20-9-7-19(8-10-20)15-18-5-3-2-4-6-18/h2-6,11-15,20,23H,7-10,16-17H2,1H3. The molecule has 4 heteroatoms. The highest BCUT2D eigenvalue weighted by Gasteiger charge is 2.32. The molecule has 1 saturated carbocycles. The number of hydrogen-bond donors (Lipinski definition) is 0. The minimum absolute atomic E-state index is 0.189. The third-order valence-electron chi connectivity index (χ3n) is 5.70. The second kappa shape index (κ2) is 8.61. The van der Waals surface area contributed by atoms with Gasteiger partial charge < -0.3 is 9.47 Å². The number of benzene rings is 2. The molecule has 2 aromatic rings. The zero-order chi connectivity index (χ0) is 19.3. The predicted molar refractivity (Wildman–Crippen MR) is 112 cm³/mol. The van der Waals surface area contributed by atoms with Crippen LogP contribution in [-0.4, -0.2) is 32.5 Å². The number of carbonyl (C=O) groups excluding carboxylic acids is 1. The van der Waals surface area contributed by atoms with Crippen molar-refractivity contribution in [3.8, 4) is 0 Å². The van der Waals surface area contributed by atoms with Gasteiger partial charge in [-0.1, -0.05) is 54.1 Å². The van der Waals surface area contributed by atoms with Crippen LogP contribution in [0.4, 0.5) is 10.5 Å². The van der Waals surface area contributed by atoms with E-state index in [2.05, 4.69) is 48.5 Å². The van der Waals surface area contributed by atoms with Crippen LogP contribution < -0.4 is 4.90 Å². The molecular weight excluding hydrogens is 350 g/mol. The smallest absolute Gasteiger partial charge is 0.414 e. The quantitative estimate of drug-likeness (QED) is 0.700. The molecule has 0 spiro atoms. The lowest BCUT2D eigenvalue weighted by Crippen LogP contribution is -2.25. The summed E-state index contributed by atoms with van der Waals surface area (Å²) in [5.41, 5.74) is 5.10. The van der Waals surface area contributed by atoms with Gasteiger partial charge in [-0.05, 0) is 54.9 Å². The van der Waals surface area contributed by atoms with Crippen molar-refractivity contribution in [2.45, 2.75) is 37.7 Å². The van der Waals surface area contributed by atoms with Gasteiger partial charge in [-0.15, -0.1) is 0 Å². The van der Waals surface area contributed by atoms with E-state index in [0.717, 1.165) is 18.5 Å². The molecule has 0 N–H and O–H groups in total. The summed E-state index contributed by atoms with van der Waals surface area (Å²) in [4.78, 5) is 13.8. The van der Waals surface area contributed by atoms with Gasteiger partial charge in [0.15, 0.2) is 0 Å². The number of hydrogen-bond acceptors (Lipinski definition) is 3. The molecule has 1 heterocycles. The van der Waals surface area contributed by atoms with Crippen LogP contribution in [0.15, 0.2) is 60.2 Å². The lowest BCUT2D eigenvalue weighted by Gasteiger charge is -2.25. The van der Waals surface area contributed by atoms with Gasteiger partial charge in [0, 0.05) is 12.8 Å². The van der Waals surface area contributed by atoms with Gasteiger partial charge in [0.1, 0.15) is 6.10 Å². The highest BCUT2D eigenvalue weighted by Crippen LogP contribution is 2.37. The van der Waals surface area contributed by atoms with Gasteiger partial charge in [0.05, 0.1) is 13.2 Å². The summed E-state index contributed by atoms with van der Waals surface area (Å²) < 4.78 is 10.4. The van der Waals surface area contributed by atoms with Crippen LogP contribution in [0.2, 0.25) is 0 Å². The fourth-order valence-corrected chi connectivity index (χ4v) is 4.18. The first-order valence-corrected chi connectivity index (χ1v) is 10.0. The summed E-state index contributed by atoms with van der Waals surface area (Å²) in [5.74, 6) is 0.591. The van der Waals surface area contributed by atoms with Crippen molar-refractivity contribution < 1.29 is 14.3 Å². The summed E-state index contributed by atoms with van der Waals surface area (Å²) in [6.45, 7) is 0.977. The Kier molecular flexibility index (Phi) is 5.77. The minimum atomic E-state index is -0.289. The molecule has 1 saturated heterocycles. The predicted octanol–water partition coefficient (Wildman–Crippen LogP) is 5.40. The monoisotopic (exact) mass is 377 g/mol. The average molecular weight is 377 g/mol. The average Bonchev–Trinajstić information content (AvgIpc) is 3.10. The Morgan fingerprint density at radius 3 is 2.46 bits per heavy atom. The molecule has 1 aliphatic carbocycles. The molecule has 1 aliphatic heterocycles. The topological polar surface area (TPSA) is 38.8 Å². The molecule has 1 unspecified atom stereocenters. The fourth-order valence-electron chi connectivity index (χ4n) is 4.18. The van der Waals surface area contributed by atoms with Crippen molar-refractivity contribution in [1.29, 1.82) is 0 Å². The van der Waals surface area contributed by atoms with Gasteiger partial charge >= 0.3 is 6.09 Å². The number of cyclic esters (lactones) is 1. The highest BCUT2D eigenvalue weighted by molar-refractivity contribution is 5.89. The maximum atomic E-state index is 12.1. The molecule has 2 fully saturated rings. The summed E-state index contributed by atoms with van der Waals surface area (Å²) in [7, 11) is 1.62. The molecule has 4 rings (SSSR count). The van der Waals surface area contributed by atoms with Gasteiger partial charge in [-0.2, -0.15) is 0 Å². The number of rotatable bonds is 5. The number of ether oxygens (including phenoxy) is 2. The molecule has 1 amide bonds. The van der Waals surface area contributed by atoms with Crippen LogP contribution in [0.3, 0.4) is 0 Å². The highest BCUT2D eigenvalue weighted by atomic mass is 16.6. The minimum Gasteiger partial charge on any atom is -0.441 e. The summed E-state index contributed by atoms with van der Waals surface area (Å²) in [5, 5.41) is 0. The van der Waals surface area contributed by atoms with E-state index in [-0.39, 0.29) is 12.2 Å². The van der Waals surface area contributed by atoms with Crippen molar-refractivity contribution in [3.05, 3.63) is 71.3 Å². The van der Waals surface area contributed by atoms with Crippen molar-refractivity contribution in [2.75, 3.05) is 25.2 Å². The Bertz CT molecular complexity index is 819. The number of amides is 1. The molecule has 0 aromatic heterocycles. The van der Waals surface area contributed by atoms with Gasteiger partial charge in [-0.3, -0.25) is 4.90 Å². The molecule has 0 radical (unpaired) electrons. The summed E-state index contributed by atoms with van der Waals surface area (Å²) >= 11 is 0. The summed E-state index contributed by atoms with van der Waals surface area (Å²) in [6.07, 6.45) is 6.53. The van der Waals surface area contributed by atoms with E-state index in [9.17, 15) is 4.79 Å². The first-order valence-electron chi connectivity index (χ1n) is 10.0. The zero-order valence-electron chi connectivity index (χ0n) is 16.3. The van der Waals surface area contributed by atoms with Crippen molar-refractivity contribution in [1.82, 2.24) is 0 Å². The van der Waals surface area contributed by atoms with Crippen LogP contribution in [0.5, 0.6) is 0 Å². The Labute approximate surface area is 166 Å². The van der Waals surface area contributed by atoms with Gasteiger partial charge in [0.25, 0.3) is 0 Å². The lowest BCUT2D eigenvalue weighted by molar-refractivity contribution is 0.0718. The normalized spacial score (nSPS) is 22.2. The van der Waals surface area contributed by atoms with Gasteiger partial charge in [-0.25, -0.2) is 4.79 Å². The van der Waals surface area contributed by atoms with E-state index in [1.807, 2.05) is 12.1 Å². The van der Waals surface area contributed by atoms with E-state index in [1.54, 1.807) is 17.6 Å². The Balaban J connectivity index is 1.36. The molecule has 1 atom stereocenters. The third kappa shape index (κ3) is 4.28. The maximum Gasteiger partial charge on any atom is 0.414 e. The third-order valence-corrected chi connectivity index (χ3v) is 5.70. The van der Waals surface area contributed by atoms with Crippen molar-refractivity contribution in [3.63, 3.8) is 0 Å². The lowest BCUT2D eigenvalue weighted by atomic mass is 9.81. The molecule has 28 heavy (non-hydrogen) atoms. The molecular formula is C24H27NO3. The van der Waals surface area contributed by atoms with Crippen LogP contribution in [0.25, 0.3) is 6.08 Å². The Morgan fingerprint density at radius 1 is 1.07 bits per heavy atom. The van der Waals surface area contributed by atoms with E-state index >= 15 is 0 Å². The first-order chi connectivity index (χ1) is 13.7. The van der Waals surface area contributed by atoms with E-state index in [4.69, 9.17) is 9.47 Å².